The predicted molar refractivity (Wildman–Crippen MR) is 78.8 cm³/mol. The van der Waals surface area contributed by atoms with Crippen LogP contribution in [-0.2, 0) is 0 Å². The second kappa shape index (κ2) is 5.31. The van der Waals surface area contributed by atoms with Crippen LogP contribution in [0, 0.1) is 0 Å². The molecule has 3 rings (SSSR count). The van der Waals surface area contributed by atoms with Crippen molar-refractivity contribution in [2.75, 3.05) is 0 Å². The summed E-state index contributed by atoms with van der Waals surface area (Å²) in [4.78, 5) is 16.1. The Kier molecular flexibility index (Phi) is 3.35. The molecule has 0 saturated carbocycles. The van der Waals surface area contributed by atoms with Gasteiger partial charge in [0.1, 0.15) is 5.52 Å². The van der Waals surface area contributed by atoms with Gasteiger partial charge in [-0.15, -0.1) is 0 Å². The number of para-hydroxylation sites is 2. The number of rotatable bonds is 3. The van der Waals surface area contributed by atoms with Gasteiger partial charge >= 0.3 is 0 Å². The molecule has 20 heavy (non-hydrogen) atoms. The van der Waals surface area contributed by atoms with Crippen molar-refractivity contribution in [3.8, 4) is 0 Å². The fourth-order valence-electron chi connectivity index (χ4n) is 1.83. The number of allylic oxidation sites excluding steroid dienone is 1. The fourth-order valence-corrected chi connectivity index (χ4v) is 2.03. The van der Waals surface area contributed by atoms with Crippen molar-refractivity contribution in [1.82, 2.24) is 4.98 Å². The zero-order valence-electron chi connectivity index (χ0n) is 10.4. The maximum Gasteiger partial charge on any atom is 0.268 e. The third kappa shape index (κ3) is 2.63. The molecule has 0 aliphatic rings. The molecule has 0 amide bonds. The van der Waals surface area contributed by atoms with E-state index in [2.05, 4.69) is 4.98 Å². The summed E-state index contributed by atoms with van der Waals surface area (Å²) < 4.78 is 5.40. The second-order valence-corrected chi connectivity index (χ2v) is 4.68. The van der Waals surface area contributed by atoms with Crippen molar-refractivity contribution in [3.63, 3.8) is 0 Å². The molecule has 0 atom stereocenters. The molecule has 3 aromatic rings. The number of nitrogens with zero attached hydrogens (tertiary/aromatic N) is 1. The Morgan fingerprint density at radius 1 is 1.15 bits per heavy atom. The molecule has 0 fully saturated rings. The van der Waals surface area contributed by atoms with Crippen LogP contribution >= 0.6 is 11.6 Å². The smallest absolute Gasteiger partial charge is 0.268 e. The number of halogens is 1. The highest BCUT2D eigenvalue weighted by Crippen LogP contribution is 2.16. The maximum atomic E-state index is 12.0. The monoisotopic (exact) mass is 283 g/mol. The average Bonchev–Trinajstić information content (AvgIpc) is 2.89. The minimum absolute atomic E-state index is 0.0875. The first-order chi connectivity index (χ1) is 9.72. The molecule has 4 heteroatoms. The largest absolute Gasteiger partial charge is 0.433 e. The Morgan fingerprint density at radius 3 is 2.80 bits per heavy atom. The van der Waals surface area contributed by atoms with Crippen LogP contribution < -0.4 is 0 Å². The SMILES string of the molecule is O=C(/C=C/c1cccc(Cl)c1)c1nc2ccccc2o1. The highest BCUT2D eigenvalue weighted by atomic mass is 35.5. The first kappa shape index (κ1) is 12.6. The van der Waals surface area contributed by atoms with Gasteiger partial charge < -0.3 is 4.42 Å². The van der Waals surface area contributed by atoms with Gasteiger partial charge in [-0.25, -0.2) is 4.98 Å². The average molecular weight is 284 g/mol. The molecule has 0 bridgehead atoms. The van der Waals surface area contributed by atoms with Crippen LogP contribution in [0.25, 0.3) is 17.2 Å². The molecule has 0 aliphatic carbocycles. The van der Waals surface area contributed by atoms with Gasteiger partial charge in [0.15, 0.2) is 5.58 Å². The standard InChI is InChI=1S/C16H10ClNO2/c17-12-5-3-4-11(10-12)8-9-14(19)16-18-13-6-1-2-7-15(13)20-16/h1-10H/b9-8+. The van der Waals surface area contributed by atoms with Crippen LogP contribution in [0.3, 0.4) is 0 Å². The van der Waals surface area contributed by atoms with Gasteiger partial charge in [-0.2, -0.15) is 0 Å². The maximum absolute atomic E-state index is 12.0. The number of carbonyl (C=O) groups excluding carboxylic acids is 1. The van der Waals surface area contributed by atoms with Crippen LogP contribution in [0.5, 0.6) is 0 Å². The number of ketones is 1. The molecule has 1 aromatic heterocycles. The summed E-state index contributed by atoms with van der Waals surface area (Å²) >= 11 is 5.88. The molecule has 0 spiro atoms. The summed E-state index contributed by atoms with van der Waals surface area (Å²) in [6, 6.07) is 14.5. The minimum Gasteiger partial charge on any atom is -0.433 e. The van der Waals surface area contributed by atoms with E-state index in [0.717, 1.165) is 5.56 Å². The van der Waals surface area contributed by atoms with Gasteiger partial charge in [-0.1, -0.05) is 41.9 Å². The summed E-state index contributed by atoms with van der Waals surface area (Å²) in [5.41, 5.74) is 2.13. The molecule has 1 heterocycles. The number of hydrogen-bond donors (Lipinski definition) is 0. The van der Waals surface area contributed by atoms with Crippen molar-refractivity contribution in [2.45, 2.75) is 0 Å². The summed E-state index contributed by atoms with van der Waals surface area (Å²) in [5, 5.41) is 0.626. The van der Waals surface area contributed by atoms with E-state index in [1.165, 1.54) is 6.08 Å². The van der Waals surface area contributed by atoms with Crippen molar-refractivity contribution in [1.29, 1.82) is 0 Å². The second-order valence-electron chi connectivity index (χ2n) is 4.24. The van der Waals surface area contributed by atoms with Crippen LogP contribution in [-0.4, -0.2) is 10.8 Å². The zero-order valence-corrected chi connectivity index (χ0v) is 11.2. The molecule has 3 nitrogen and oxygen atoms in total. The molecule has 0 aliphatic heterocycles. The summed E-state index contributed by atoms with van der Waals surface area (Å²) in [6.45, 7) is 0. The number of carbonyl (C=O) groups is 1. The van der Waals surface area contributed by atoms with Crippen molar-refractivity contribution < 1.29 is 9.21 Å². The van der Waals surface area contributed by atoms with E-state index in [1.54, 1.807) is 30.3 Å². The molecule has 0 unspecified atom stereocenters. The van der Waals surface area contributed by atoms with Crippen LogP contribution in [0.1, 0.15) is 16.2 Å². The Bertz CT molecular complexity index is 772. The van der Waals surface area contributed by atoms with E-state index in [9.17, 15) is 4.79 Å². The normalized spacial score (nSPS) is 11.2. The van der Waals surface area contributed by atoms with Gasteiger partial charge in [0.05, 0.1) is 0 Å². The van der Waals surface area contributed by atoms with E-state index >= 15 is 0 Å². The Hall–Kier alpha value is -2.39. The predicted octanol–water partition coefficient (Wildman–Crippen LogP) is 4.38. The summed E-state index contributed by atoms with van der Waals surface area (Å²) in [5.74, 6) is -0.189. The fraction of sp³-hybridized carbons (Fsp3) is 0. The lowest BCUT2D eigenvalue weighted by Gasteiger charge is -1.93. The Morgan fingerprint density at radius 2 is 2.00 bits per heavy atom. The van der Waals surface area contributed by atoms with Crippen LogP contribution in [0.15, 0.2) is 59.0 Å². The van der Waals surface area contributed by atoms with E-state index in [0.29, 0.717) is 16.1 Å². The zero-order chi connectivity index (χ0) is 13.9. The van der Waals surface area contributed by atoms with E-state index in [-0.39, 0.29) is 11.7 Å². The molecule has 2 aromatic carbocycles. The van der Waals surface area contributed by atoms with E-state index in [4.69, 9.17) is 16.0 Å². The number of hydrogen-bond acceptors (Lipinski definition) is 3. The van der Waals surface area contributed by atoms with Gasteiger partial charge in [0.2, 0.25) is 5.78 Å². The van der Waals surface area contributed by atoms with Gasteiger partial charge in [0, 0.05) is 5.02 Å². The van der Waals surface area contributed by atoms with Gasteiger partial charge in [0.25, 0.3) is 5.89 Å². The molecule has 0 radical (unpaired) electrons. The molecular weight excluding hydrogens is 274 g/mol. The number of aromatic nitrogens is 1. The highest BCUT2D eigenvalue weighted by molar-refractivity contribution is 6.30. The molecule has 0 saturated heterocycles. The lowest BCUT2D eigenvalue weighted by Crippen LogP contribution is -1.93. The lowest BCUT2D eigenvalue weighted by molar-refractivity contribution is 0.101. The number of fused-ring (bicyclic) bond motifs is 1. The van der Waals surface area contributed by atoms with Crippen molar-refractivity contribution in [3.05, 3.63) is 71.1 Å². The number of benzene rings is 2. The van der Waals surface area contributed by atoms with E-state index < -0.39 is 0 Å². The first-order valence-corrected chi connectivity index (χ1v) is 6.44. The molecule has 98 valence electrons. The Labute approximate surface area is 120 Å². The van der Waals surface area contributed by atoms with Gasteiger partial charge in [-0.3, -0.25) is 4.79 Å². The number of oxazole rings is 1. The van der Waals surface area contributed by atoms with Crippen LogP contribution in [0.4, 0.5) is 0 Å². The van der Waals surface area contributed by atoms with Crippen molar-refractivity contribution in [2.24, 2.45) is 0 Å². The third-order valence-corrected chi connectivity index (χ3v) is 3.02. The van der Waals surface area contributed by atoms with E-state index in [1.807, 2.05) is 24.3 Å². The lowest BCUT2D eigenvalue weighted by atomic mass is 10.2. The summed E-state index contributed by atoms with van der Waals surface area (Å²) in [6.07, 6.45) is 3.11. The molecular formula is C16H10ClNO2. The minimum atomic E-state index is -0.277. The topological polar surface area (TPSA) is 43.1 Å². The Balaban J connectivity index is 1.85. The van der Waals surface area contributed by atoms with Crippen molar-refractivity contribution >= 4 is 34.6 Å². The van der Waals surface area contributed by atoms with Gasteiger partial charge in [-0.05, 0) is 35.9 Å². The first-order valence-electron chi connectivity index (χ1n) is 6.06. The quantitative estimate of drug-likeness (QED) is 0.529. The molecule has 0 N–H and O–H groups in total. The summed E-state index contributed by atoms with van der Waals surface area (Å²) in [7, 11) is 0. The third-order valence-electron chi connectivity index (χ3n) is 2.78. The van der Waals surface area contributed by atoms with Crippen LogP contribution in [0.2, 0.25) is 5.02 Å². The highest BCUT2D eigenvalue weighted by Gasteiger charge is 2.10.